The lowest BCUT2D eigenvalue weighted by Crippen LogP contribution is -2.58. The van der Waals surface area contributed by atoms with Crippen LogP contribution < -0.4 is 21.9 Å². The summed E-state index contributed by atoms with van der Waals surface area (Å²) in [5.74, 6) is 0.158. The van der Waals surface area contributed by atoms with Crippen molar-refractivity contribution in [3.05, 3.63) is 27.2 Å². The van der Waals surface area contributed by atoms with E-state index in [0.717, 1.165) is 42.5 Å². The van der Waals surface area contributed by atoms with Crippen LogP contribution in [0.4, 0.5) is 10.5 Å². The molecule has 1 aromatic heterocycles. The van der Waals surface area contributed by atoms with Gasteiger partial charge in [-0.2, -0.15) is 0 Å². The Balaban J connectivity index is 1.73. The van der Waals surface area contributed by atoms with Crippen molar-refractivity contribution in [2.75, 3.05) is 5.73 Å². The second-order valence-electron chi connectivity index (χ2n) is 8.95. The second kappa shape index (κ2) is 7.14. The molecular weight excluding hydrogens is 360 g/mol. The lowest BCUT2D eigenvalue weighted by Gasteiger charge is -2.51. The van der Waals surface area contributed by atoms with Gasteiger partial charge in [0, 0.05) is 23.7 Å². The molecule has 0 bridgehead atoms. The number of pyridine rings is 1. The number of hydrogen-bond donors (Lipinski definition) is 4. The fourth-order valence-corrected chi connectivity index (χ4v) is 4.67. The zero-order chi connectivity index (χ0) is 20.7. The number of aromatic amines is 1. The molecule has 154 valence electrons. The van der Waals surface area contributed by atoms with Crippen LogP contribution in [-0.2, 0) is 21.5 Å². The highest BCUT2D eigenvalue weighted by Gasteiger charge is 2.52. The van der Waals surface area contributed by atoms with Gasteiger partial charge in [0.05, 0.1) is 5.54 Å². The Morgan fingerprint density at radius 3 is 2.50 bits per heavy atom. The van der Waals surface area contributed by atoms with Crippen LogP contribution in [0.15, 0.2) is 4.79 Å². The topological polar surface area (TPSA) is 126 Å². The van der Waals surface area contributed by atoms with Crippen molar-refractivity contribution < 1.29 is 14.3 Å². The minimum atomic E-state index is -0.600. The van der Waals surface area contributed by atoms with Crippen LogP contribution in [0.2, 0.25) is 0 Å². The van der Waals surface area contributed by atoms with Crippen molar-refractivity contribution >= 4 is 18.2 Å². The molecule has 5 N–H and O–H groups in total. The van der Waals surface area contributed by atoms with Crippen molar-refractivity contribution in [1.82, 2.24) is 15.6 Å². The van der Waals surface area contributed by atoms with E-state index < -0.39 is 17.2 Å². The summed E-state index contributed by atoms with van der Waals surface area (Å²) in [4.78, 5) is 38.3. The van der Waals surface area contributed by atoms with Gasteiger partial charge in [0.2, 0.25) is 6.41 Å². The summed E-state index contributed by atoms with van der Waals surface area (Å²) in [6.45, 7) is 7.35. The fraction of sp³-hybridized carbons (Fsp3) is 0.650. The van der Waals surface area contributed by atoms with Gasteiger partial charge < -0.3 is 26.1 Å². The molecule has 3 rings (SSSR count). The predicted molar refractivity (Wildman–Crippen MR) is 106 cm³/mol. The van der Waals surface area contributed by atoms with Crippen molar-refractivity contribution in [3.8, 4) is 0 Å². The molecule has 0 saturated heterocycles. The van der Waals surface area contributed by atoms with E-state index in [1.807, 2.05) is 27.7 Å². The summed E-state index contributed by atoms with van der Waals surface area (Å²) in [6, 6.07) is 0.0391. The van der Waals surface area contributed by atoms with Gasteiger partial charge in [0.1, 0.15) is 11.3 Å². The first-order valence-corrected chi connectivity index (χ1v) is 9.80. The summed E-state index contributed by atoms with van der Waals surface area (Å²) in [6.07, 6.45) is 4.13. The maximum Gasteiger partial charge on any atom is 0.407 e. The molecule has 1 heterocycles. The summed E-state index contributed by atoms with van der Waals surface area (Å²) in [5, 5.41) is 5.91. The number of fused-ring (bicyclic) bond motifs is 1. The Bertz CT molecular complexity index is 834. The highest BCUT2D eigenvalue weighted by Crippen LogP contribution is 2.51. The normalized spacial score (nSPS) is 26.6. The van der Waals surface area contributed by atoms with E-state index in [0.29, 0.717) is 12.8 Å². The van der Waals surface area contributed by atoms with Crippen molar-refractivity contribution in [2.24, 2.45) is 5.92 Å². The highest BCUT2D eigenvalue weighted by molar-refractivity contribution is 5.68. The Labute approximate surface area is 164 Å². The molecule has 1 aromatic rings. The van der Waals surface area contributed by atoms with E-state index in [1.54, 1.807) is 0 Å². The molecular formula is C20H30N4O4. The summed E-state index contributed by atoms with van der Waals surface area (Å²) in [7, 11) is 0. The maximum atomic E-state index is 12.2. The monoisotopic (exact) mass is 390 g/mol. The van der Waals surface area contributed by atoms with Crippen LogP contribution in [0, 0.1) is 12.8 Å². The van der Waals surface area contributed by atoms with Crippen LogP contribution in [0.5, 0.6) is 0 Å². The van der Waals surface area contributed by atoms with Crippen LogP contribution in [0.3, 0.4) is 0 Å². The molecule has 1 unspecified atom stereocenters. The Hall–Kier alpha value is -2.51. The van der Waals surface area contributed by atoms with Gasteiger partial charge in [0.15, 0.2) is 0 Å². The van der Waals surface area contributed by atoms with Gasteiger partial charge in [-0.1, -0.05) is 0 Å². The number of nitrogens with one attached hydrogen (secondary N) is 3. The van der Waals surface area contributed by atoms with E-state index >= 15 is 0 Å². The van der Waals surface area contributed by atoms with Gasteiger partial charge in [-0.3, -0.25) is 9.59 Å². The van der Waals surface area contributed by atoms with Crippen LogP contribution in [0.25, 0.3) is 0 Å². The number of carbonyl (C=O) groups is 2. The molecule has 2 aliphatic rings. The van der Waals surface area contributed by atoms with Gasteiger partial charge in [-0.25, -0.2) is 4.79 Å². The first kappa shape index (κ1) is 20.2. The van der Waals surface area contributed by atoms with E-state index in [2.05, 4.69) is 15.6 Å². The minimum absolute atomic E-state index is 0.0391. The average molecular weight is 390 g/mol. The molecule has 8 nitrogen and oxygen atoms in total. The number of H-pyrrole nitrogens is 1. The number of anilines is 1. The van der Waals surface area contributed by atoms with Crippen LogP contribution in [0.1, 0.15) is 63.3 Å². The van der Waals surface area contributed by atoms with Crippen molar-refractivity contribution in [2.45, 2.75) is 77.0 Å². The lowest BCUT2D eigenvalue weighted by atomic mass is 9.59. The van der Waals surface area contributed by atoms with Gasteiger partial charge in [0.25, 0.3) is 5.56 Å². The molecule has 28 heavy (non-hydrogen) atoms. The molecule has 0 spiro atoms. The summed E-state index contributed by atoms with van der Waals surface area (Å²) in [5.41, 5.74) is 7.43. The smallest absolute Gasteiger partial charge is 0.407 e. The van der Waals surface area contributed by atoms with E-state index in [9.17, 15) is 14.4 Å². The largest absolute Gasteiger partial charge is 0.444 e. The zero-order valence-corrected chi connectivity index (χ0v) is 17.0. The molecule has 8 heteroatoms. The third-order valence-corrected chi connectivity index (χ3v) is 5.93. The first-order valence-electron chi connectivity index (χ1n) is 9.80. The highest BCUT2D eigenvalue weighted by atomic mass is 16.6. The molecule has 2 aliphatic carbocycles. The number of rotatable bonds is 4. The molecule has 1 fully saturated rings. The maximum absolute atomic E-state index is 12.2. The van der Waals surface area contributed by atoms with Crippen LogP contribution in [-0.4, -0.2) is 29.1 Å². The second-order valence-corrected chi connectivity index (χ2v) is 8.95. The number of aromatic nitrogens is 1. The number of nitrogens with two attached hydrogens (primary N) is 1. The van der Waals surface area contributed by atoms with E-state index in [4.69, 9.17) is 10.5 Å². The average Bonchev–Trinajstić information content (AvgIpc) is 2.56. The first-order chi connectivity index (χ1) is 13.1. The fourth-order valence-electron chi connectivity index (χ4n) is 4.67. The van der Waals surface area contributed by atoms with E-state index in [-0.39, 0.29) is 23.2 Å². The zero-order valence-electron chi connectivity index (χ0n) is 17.0. The lowest BCUT2D eigenvalue weighted by molar-refractivity contribution is -0.112. The molecule has 0 aliphatic heterocycles. The number of alkyl carbamates (subject to hydrolysis) is 1. The quantitative estimate of drug-likeness (QED) is 0.584. The number of amides is 2. The van der Waals surface area contributed by atoms with Gasteiger partial charge >= 0.3 is 6.09 Å². The SMILES string of the molecule is Cc1[nH]c(=O)c(N)c2c1CC2(NC=O)C1CCC(NC(=O)OC(C)(C)C)CC1. The Morgan fingerprint density at radius 1 is 1.29 bits per heavy atom. The van der Waals surface area contributed by atoms with Crippen molar-refractivity contribution in [1.29, 1.82) is 0 Å². The standard InChI is InChI=1S/C20H30N4O4/c1-11-14-9-20(22-10-25,15(14)16(21)17(26)23-11)12-5-7-13(8-6-12)24-18(27)28-19(2,3)4/h10,12-13H,5-9,21H2,1-4H3,(H,22,25)(H,23,26)(H,24,27). The number of ether oxygens (including phenoxy) is 1. The molecule has 1 atom stereocenters. The number of hydrogen-bond acceptors (Lipinski definition) is 5. The molecule has 0 aromatic carbocycles. The van der Waals surface area contributed by atoms with Crippen LogP contribution >= 0.6 is 0 Å². The summed E-state index contributed by atoms with van der Waals surface area (Å²) < 4.78 is 5.33. The molecule has 0 radical (unpaired) electrons. The Kier molecular flexibility index (Phi) is 5.16. The number of nitrogen functional groups attached to an aromatic ring is 1. The van der Waals surface area contributed by atoms with Crippen molar-refractivity contribution in [3.63, 3.8) is 0 Å². The number of carbonyl (C=O) groups excluding carboxylic acids is 2. The third kappa shape index (κ3) is 3.59. The van der Waals surface area contributed by atoms with E-state index in [1.165, 1.54) is 0 Å². The molecule has 2 amide bonds. The third-order valence-electron chi connectivity index (χ3n) is 5.93. The number of aryl methyl sites for hydroxylation is 1. The summed E-state index contributed by atoms with van der Waals surface area (Å²) >= 11 is 0. The minimum Gasteiger partial charge on any atom is -0.444 e. The molecule has 1 saturated carbocycles. The van der Waals surface area contributed by atoms with Gasteiger partial charge in [-0.05, 0) is 64.9 Å². The van der Waals surface area contributed by atoms with Gasteiger partial charge in [-0.15, -0.1) is 0 Å². The Morgan fingerprint density at radius 2 is 1.93 bits per heavy atom. The predicted octanol–water partition coefficient (Wildman–Crippen LogP) is 1.85.